The first-order valence-electron chi connectivity index (χ1n) is 7.37. The topological polar surface area (TPSA) is 73.9 Å². The second-order valence-corrected chi connectivity index (χ2v) is 6.41. The Morgan fingerprint density at radius 2 is 1.74 bits per heavy atom. The van der Waals surface area contributed by atoms with E-state index in [1.807, 2.05) is 24.3 Å². The fraction of sp³-hybridized carbons (Fsp3) is 0.294. The van der Waals surface area contributed by atoms with Crippen molar-refractivity contribution >= 4 is 0 Å². The Morgan fingerprint density at radius 1 is 1.04 bits per heavy atom. The lowest BCUT2D eigenvalue weighted by atomic mass is 9.92. The van der Waals surface area contributed by atoms with Crippen molar-refractivity contribution in [3.8, 4) is 23.1 Å². The first-order valence-corrected chi connectivity index (χ1v) is 7.37. The lowest BCUT2D eigenvalue weighted by Gasteiger charge is -2.13. The number of nitrogens with zero attached hydrogens (tertiary/aromatic N) is 4. The highest BCUT2D eigenvalue weighted by molar-refractivity contribution is 5.55. The third-order valence-electron chi connectivity index (χ3n) is 3.01. The van der Waals surface area contributed by atoms with Crippen molar-refractivity contribution in [2.45, 2.75) is 27.2 Å². The molecule has 6 heteroatoms. The summed E-state index contributed by atoms with van der Waals surface area (Å²) in [4.78, 5) is 12.5. The van der Waals surface area contributed by atoms with E-state index in [2.05, 4.69) is 40.9 Å². The molecule has 6 nitrogen and oxygen atoms in total. The van der Waals surface area contributed by atoms with Crippen molar-refractivity contribution in [3.05, 3.63) is 48.6 Å². The standard InChI is InChI=1S/C17H18N4O2/c1-17(2,3)11-14-20-15(21-23-14)12-5-7-13(8-6-12)22-16-18-9-4-10-19-16/h4-10H,11H2,1-3H3. The molecule has 0 aliphatic rings. The summed E-state index contributed by atoms with van der Waals surface area (Å²) in [5, 5.41) is 4.03. The number of aromatic nitrogens is 4. The molecule has 2 aromatic heterocycles. The van der Waals surface area contributed by atoms with E-state index in [9.17, 15) is 0 Å². The molecule has 0 aliphatic heterocycles. The molecular formula is C17H18N4O2. The summed E-state index contributed by atoms with van der Waals surface area (Å²) in [7, 11) is 0. The normalized spacial score (nSPS) is 11.4. The average molecular weight is 310 g/mol. The number of rotatable bonds is 4. The quantitative estimate of drug-likeness (QED) is 0.727. The predicted octanol–water partition coefficient (Wildman–Crippen LogP) is 3.91. The van der Waals surface area contributed by atoms with Crippen LogP contribution in [0.1, 0.15) is 26.7 Å². The lowest BCUT2D eigenvalue weighted by molar-refractivity contribution is 0.314. The third kappa shape index (κ3) is 4.12. The first-order chi connectivity index (χ1) is 11.0. The molecule has 0 aliphatic carbocycles. The van der Waals surface area contributed by atoms with E-state index in [4.69, 9.17) is 9.26 Å². The molecule has 0 saturated carbocycles. The van der Waals surface area contributed by atoms with Crippen LogP contribution in [0.2, 0.25) is 0 Å². The second-order valence-electron chi connectivity index (χ2n) is 6.41. The maximum Gasteiger partial charge on any atom is 0.321 e. The van der Waals surface area contributed by atoms with Gasteiger partial charge in [-0.25, -0.2) is 9.97 Å². The minimum Gasteiger partial charge on any atom is -0.424 e. The highest BCUT2D eigenvalue weighted by Crippen LogP contribution is 2.24. The van der Waals surface area contributed by atoms with Crippen LogP contribution >= 0.6 is 0 Å². The highest BCUT2D eigenvalue weighted by atomic mass is 16.5. The molecule has 1 aromatic carbocycles. The fourth-order valence-electron chi connectivity index (χ4n) is 2.01. The molecule has 0 fully saturated rings. The maximum atomic E-state index is 5.55. The largest absolute Gasteiger partial charge is 0.424 e. The molecule has 0 bridgehead atoms. The van der Waals surface area contributed by atoms with Crippen molar-refractivity contribution in [1.82, 2.24) is 20.1 Å². The molecule has 23 heavy (non-hydrogen) atoms. The molecule has 0 N–H and O–H groups in total. The van der Waals surface area contributed by atoms with Gasteiger partial charge in [-0.2, -0.15) is 4.98 Å². The minimum atomic E-state index is 0.108. The van der Waals surface area contributed by atoms with E-state index in [-0.39, 0.29) is 5.41 Å². The van der Waals surface area contributed by atoms with Gasteiger partial charge < -0.3 is 9.26 Å². The van der Waals surface area contributed by atoms with Gasteiger partial charge in [0.05, 0.1) is 0 Å². The summed E-state index contributed by atoms with van der Waals surface area (Å²) in [6.07, 6.45) is 4.01. The molecular weight excluding hydrogens is 292 g/mol. The Kier molecular flexibility index (Phi) is 4.06. The van der Waals surface area contributed by atoms with E-state index >= 15 is 0 Å². The van der Waals surface area contributed by atoms with Gasteiger partial charge in [-0.3, -0.25) is 0 Å². The van der Waals surface area contributed by atoms with Gasteiger partial charge in [0.1, 0.15) is 5.75 Å². The SMILES string of the molecule is CC(C)(C)Cc1nc(-c2ccc(Oc3ncccn3)cc2)no1. The van der Waals surface area contributed by atoms with Gasteiger partial charge >= 0.3 is 6.01 Å². The molecule has 3 aromatic rings. The van der Waals surface area contributed by atoms with Gasteiger partial charge in [-0.15, -0.1) is 0 Å². The van der Waals surface area contributed by atoms with Crippen LogP contribution in [0, 0.1) is 5.41 Å². The zero-order valence-corrected chi connectivity index (χ0v) is 13.4. The smallest absolute Gasteiger partial charge is 0.321 e. The summed E-state index contributed by atoms with van der Waals surface area (Å²) in [5.74, 6) is 1.87. The summed E-state index contributed by atoms with van der Waals surface area (Å²) < 4.78 is 10.9. The summed E-state index contributed by atoms with van der Waals surface area (Å²) in [6, 6.07) is 9.46. The molecule has 0 spiro atoms. The van der Waals surface area contributed by atoms with E-state index in [0.29, 0.717) is 23.5 Å². The van der Waals surface area contributed by atoms with Crippen LogP contribution in [0.5, 0.6) is 11.8 Å². The van der Waals surface area contributed by atoms with Gasteiger partial charge in [-0.05, 0) is 35.7 Å². The number of hydrogen-bond acceptors (Lipinski definition) is 6. The molecule has 2 heterocycles. The van der Waals surface area contributed by atoms with Gasteiger partial charge in [0, 0.05) is 24.4 Å². The number of benzene rings is 1. The van der Waals surface area contributed by atoms with Crippen molar-refractivity contribution in [2.24, 2.45) is 5.41 Å². The summed E-state index contributed by atoms with van der Waals surface area (Å²) >= 11 is 0. The Balaban J connectivity index is 1.72. The van der Waals surface area contributed by atoms with E-state index in [1.165, 1.54) is 0 Å². The van der Waals surface area contributed by atoms with Gasteiger partial charge in [-0.1, -0.05) is 25.9 Å². The second kappa shape index (κ2) is 6.16. The highest BCUT2D eigenvalue weighted by Gasteiger charge is 2.17. The van der Waals surface area contributed by atoms with Crippen LogP contribution in [0.4, 0.5) is 0 Å². The first kappa shape index (κ1) is 15.1. The number of ether oxygens (including phenoxy) is 1. The average Bonchev–Trinajstić information content (AvgIpc) is 2.95. The molecule has 0 radical (unpaired) electrons. The van der Waals surface area contributed by atoms with Crippen molar-refractivity contribution in [3.63, 3.8) is 0 Å². The fourth-order valence-corrected chi connectivity index (χ4v) is 2.01. The summed E-state index contributed by atoms with van der Waals surface area (Å²) in [5.41, 5.74) is 0.979. The Bertz CT molecular complexity index is 761. The van der Waals surface area contributed by atoms with E-state index in [0.717, 1.165) is 12.0 Å². The van der Waals surface area contributed by atoms with E-state index < -0.39 is 0 Å². The van der Waals surface area contributed by atoms with Crippen LogP contribution < -0.4 is 4.74 Å². The van der Waals surface area contributed by atoms with Crippen LogP contribution in [-0.2, 0) is 6.42 Å². The molecule has 3 rings (SSSR count). The molecule has 0 amide bonds. The minimum absolute atomic E-state index is 0.108. The molecule has 0 unspecified atom stereocenters. The Labute approximate surface area is 134 Å². The van der Waals surface area contributed by atoms with E-state index in [1.54, 1.807) is 18.5 Å². The zero-order chi connectivity index (χ0) is 16.3. The number of hydrogen-bond donors (Lipinski definition) is 0. The van der Waals surface area contributed by atoms with Crippen LogP contribution in [-0.4, -0.2) is 20.1 Å². The van der Waals surface area contributed by atoms with Crippen LogP contribution in [0.25, 0.3) is 11.4 Å². The zero-order valence-electron chi connectivity index (χ0n) is 13.4. The van der Waals surface area contributed by atoms with Crippen LogP contribution in [0.3, 0.4) is 0 Å². The molecule has 0 saturated heterocycles. The van der Waals surface area contributed by atoms with Crippen molar-refractivity contribution in [1.29, 1.82) is 0 Å². The van der Waals surface area contributed by atoms with Gasteiger partial charge in [0.25, 0.3) is 0 Å². The third-order valence-corrected chi connectivity index (χ3v) is 3.01. The van der Waals surface area contributed by atoms with Crippen LogP contribution in [0.15, 0.2) is 47.2 Å². The molecule has 118 valence electrons. The Morgan fingerprint density at radius 3 is 2.39 bits per heavy atom. The predicted molar refractivity (Wildman–Crippen MR) is 85.0 cm³/mol. The van der Waals surface area contributed by atoms with Crippen molar-refractivity contribution in [2.75, 3.05) is 0 Å². The maximum absolute atomic E-state index is 5.55. The summed E-state index contributed by atoms with van der Waals surface area (Å²) in [6.45, 7) is 6.40. The van der Waals surface area contributed by atoms with Crippen molar-refractivity contribution < 1.29 is 9.26 Å². The van der Waals surface area contributed by atoms with Gasteiger partial charge in [0.15, 0.2) is 0 Å². The lowest BCUT2D eigenvalue weighted by Crippen LogP contribution is -2.09. The molecule has 0 atom stereocenters. The monoisotopic (exact) mass is 310 g/mol. The Hall–Kier alpha value is -2.76. The van der Waals surface area contributed by atoms with Gasteiger partial charge in [0.2, 0.25) is 11.7 Å².